The predicted molar refractivity (Wildman–Crippen MR) is 76.8 cm³/mol. The van der Waals surface area contributed by atoms with E-state index in [0.29, 0.717) is 6.26 Å². The second-order valence-corrected chi connectivity index (χ2v) is 4.78. The molecule has 1 fully saturated rings. The van der Waals surface area contributed by atoms with Crippen LogP contribution in [0.5, 0.6) is 0 Å². The van der Waals surface area contributed by atoms with E-state index < -0.39 is 0 Å². The number of carbonyl (C=O) groups excluding carboxylic acids is 2. The number of fused-ring (bicyclic) bond motifs is 1. The standard InChI is InChI=1S/C15H13NO3.Li/c17-8-12-14(18)6-9(7-15(12)19)10-2-1-3-13-11(10)4-5-16-13;/h1-5,8-9,16-17H,6-7H2;. The van der Waals surface area contributed by atoms with Crippen LogP contribution in [0.25, 0.3) is 10.9 Å². The van der Waals surface area contributed by atoms with Gasteiger partial charge >= 0.3 is 0 Å². The average molecular weight is 262 g/mol. The van der Waals surface area contributed by atoms with Crippen LogP contribution < -0.4 is 0 Å². The molecule has 0 atom stereocenters. The number of H-pyrrole nitrogens is 1. The first-order chi connectivity index (χ1) is 9.20. The summed E-state index contributed by atoms with van der Waals surface area (Å²) in [6, 6.07) is 7.79. The maximum Gasteiger partial charge on any atom is 0.170 e. The molecule has 0 aliphatic heterocycles. The van der Waals surface area contributed by atoms with Crippen LogP contribution >= 0.6 is 0 Å². The number of aliphatic hydroxyl groups excluding tert-OH is 1. The molecule has 1 aromatic heterocycles. The monoisotopic (exact) mass is 262 g/mol. The summed E-state index contributed by atoms with van der Waals surface area (Å²) in [6.07, 6.45) is 3.02. The molecule has 1 aliphatic rings. The first-order valence-electron chi connectivity index (χ1n) is 6.17. The van der Waals surface area contributed by atoms with Crippen LogP contribution in [0.2, 0.25) is 0 Å². The first-order valence-corrected chi connectivity index (χ1v) is 6.17. The fraction of sp³-hybridized carbons (Fsp3) is 0.200. The van der Waals surface area contributed by atoms with Crippen LogP contribution in [0.4, 0.5) is 0 Å². The molecular weight excluding hydrogens is 249 g/mol. The molecule has 2 N–H and O–H groups in total. The van der Waals surface area contributed by atoms with E-state index >= 15 is 0 Å². The molecule has 1 radical (unpaired) electrons. The number of hydrogen-bond acceptors (Lipinski definition) is 3. The van der Waals surface area contributed by atoms with Gasteiger partial charge in [-0.2, -0.15) is 0 Å². The number of hydrogen-bond donors (Lipinski definition) is 2. The van der Waals surface area contributed by atoms with E-state index in [1.165, 1.54) is 0 Å². The molecule has 3 rings (SSSR count). The molecule has 0 amide bonds. The second-order valence-electron chi connectivity index (χ2n) is 4.78. The van der Waals surface area contributed by atoms with Crippen molar-refractivity contribution < 1.29 is 14.7 Å². The van der Waals surface area contributed by atoms with Gasteiger partial charge in [-0.3, -0.25) is 9.59 Å². The fourth-order valence-corrected chi connectivity index (χ4v) is 2.72. The van der Waals surface area contributed by atoms with Crippen LogP contribution in [0.1, 0.15) is 24.3 Å². The maximum atomic E-state index is 11.8. The van der Waals surface area contributed by atoms with Crippen molar-refractivity contribution in [3.63, 3.8) is 0 Å². The van der Waals surface area contributed by atoms with Crippen molar-refractivity contribution in [1.82, 2.24) is 4.98 Å². The molecule has 0 saturated heterocycles. The Morgan fingerprint density at radius 3 is 2.50 bits per heavy atom. The van der Waals surface area contributed by atoms with Gasteiger partial charge in [-0.1, -0.05) is 12.1 Å². The van der Waals surface area contributed by atoms with Crippen molar-refractivity contribution in [2.45, 2.75) is 18.8 Å². The van der Waals surface area contributed by atoms with E-state index in [1.807, 2.05) is 30.5 Å². The minimum absolute atomic E-state index is 0. The number of aromatic amines is 1. The van der Waals surface area contributed by atoms with Gasteiger partial charge in [0.2, 0.25) is 0 Å². The zero-order valence-corrected chi connectivity index (χ0v) is 11.2. The molecule has 0 unspecified atom stereocenters. The Kier molecular flexibility index (Phi) is 4.17. The summed E-state index contributed by atoms with van der Waals surface area (Å²) in [5, 5.41) is 9.96. The summed E-state index contributed by atoms with van der Waals surface area (Å²) in [7, 11) is 0. The third kappa shape index (κ3) is 2.33. The van der Waals surface area contributed by atoms with Crippen molar-refractivity contribution in [2.24, 2.45) is 0 Å². The van der Waals surface area contributed by atoms with E-state index in [-0.39, 0.29) is 54.8 Å². The number of allylic oxidation sites excluding steroid dienone is 1. The molecule has 4 nitrogen and oxygen atoms in total. The molecular formula is C15H13LiNO3. The number of aliphatic hydroxyl groups is 1. The number of carbonyl (C=O) groups is 2. The summed E-state index contributed by atoms with van der Waals surface area (Å²) in [6.45, 7) is 0. The fourth-order valence-electron chi connectivity index (χ4n) is 2.72. The van der Waals surface area contributed by atoms with Crippen LogP contribution in [0.3, 0.4) is 0 Å². The van der Waals surface area contributed by atoms with Crippen LogP contribution in [0, 0.1) is 0 Å². The van der Waals surface area contributed by atoms with E-state index in [4.69, 9.17) is 5.11 Å². The summed E-state index contributed by atoms with van der Waals surface area (Å²) >= 11 is 0. The van der Waals surface area contributed by atoms with Gasteiger partial charge < -0.3 is 10.1 Å². The van der Waals surface area contributed by atoms with Gasteiger partial charge in [0.1, 0.15) is 0 Å². The van der Waals surface area contributed by atoms with Gasteiger partial charge in [0.25, 0.3) is 0 Å². The van der Waals surface area contributed by atoms with Crippen molar-refractivity contribution in [1.29, 1.82) is 0 Å². The van der Waals surface area contributed by atoms with Crippen LogP contribution in [0.15, 0.2) is 42.3 Å². The summed E-state index contributed by atoms with van der Waals surface area (Å²) in [5.41, 5.74) is 1.94. The van der Waals surface area contributed by atoms with Crippen molar-refractivity contribution in [3.05, 3.63) is 47.9 Å². The minimum Gasteiger partial charge on any atom is -0.515 e. The number of nitrogens with one attached hydrogen (secondary N) is 1. The van der Waals surface area contributed by atoms with Crippen molar-refractivity contribution in [3.8, 4) is 0 Å². The maximum absolute atomic E-state index is 11.8. The Morgan fingerprint density at radius 1 is 1.15 bits per heavy atom. The predicted octanol–water partition coefficient (Wildman–Crippen LogP) is 2.24. The molecule has 97 valence electrons. The van der Waals surface area contributed by atoms with Gasteiger partial charge in [-0.25, -0.2) is 0 Å². The van der Waals surface area contributed by atoms with Gasteiger partial charge in [0.05, 0.1) is 11.8 Å². The molecule has 5 heteroatoms. The Balaban J connectivity index is 0.00000147. The zero-order chi connectivity index (χ0) is 13.4. The van der Waals surface area contributed by atoms with Gasteiger partial charge in [-0.05, 0) is 23.6 Å². The zero-order valence-electron chi connectivity index (χ0n) is 11.2. The number of Topliss-reactive ketones (excluding diaryl/α,β-unsaturated/α-hetero) is 2. The van der Waals surface area contributed by atoms with Crippen molar-refractivity contribution >= 4 is 41.3 Å². The first kappa shape index (κ1) is 14.6. The normalized spacial score (nSPS) is 19.0. The second kappa shape index (κ2) is 5.70. The quantitative estimate of drug-likeness (QED) is 0.358. The van der Waals surface area contributed by atoms with E-state index in [9.17, 15) is 9.59 Å². The molecule has 1 saturated carbocycles. The average Bonchev–Trinajstić information content (AvgIpc) is 2.86. The third-order valence-electron chi connectivity index (χ3n) is 3.66. The third-order valence-corrected chi connectivity index (χ3v) is 3.66. The van der Waals surface area contributed by atoms with Crippen LogP contribution in [-0.4, -0.2) is 40.5 Å². The van der Waals surface area contributed by atoms with Gasteiger partial charge in [0, 0.05) is 48.8 Å². The molecule has 0 bridgehead atoms. The molecule has 2 aromatic rings. The molecule has 1 heterocycles. The van der Waals surface area contributed by atoms with E-state index in [0.717, 1.165) is 16.5 Å². The van der Waals surface area contributed by atoms with Gasteiger partial charge in [-0.15, -0.1) is 0 Å². The minimum atomic E-state index is -0.281. The number of aromatic nitrogens is 1. The largest absolute Gasteiger partial charge is 0.515 e. The number of ketones is 2. The van der Waals surface area contributed by atoms with E-state index in [2.05, 4.69) is 4.98 Å². The molecule has 1 aliphatic carbocycles. The Labute approximate surface area is 128 Å². The topological polar surface area (TPSA) is 70.2 Å². The number of rotatable bonds is 1. The van der Waals surface area contributed by atoms with Crippen molar-refractivity contribution in [2.75, 3.05) is 0 Å². The number of benzene rings is 1. The van der Waals surface area contributed by atoms with E-state index in [1.54, 1.807) is 0 Å². The molecule has 1 aromatic carbocycles. The van der Waals surface area contributed by atoms with Crippen LogP contribution in [-0.2, 0) is 9.59 Å². The molecule has 0 spiro atoms. The smallest absolute Gasteiger partial charge is 0.170 e. The Morgan fingerprint density at radius 2 is 1.85 bits per heavy atom. The summed E-state index contributed by atoms with van der Waals surface area (Å²) in [4.78, 5) is 26.8. The Bertz CT molecular complexity index is 682. The summed E-state index contributed by atoms with van der Waals surface area (Å²) in [5.74, 6) is -0.671. The Hall–Kier alpha value is -1.76. The SMILES string of the molecule is O=C1CC(c2cccc3[nH]ccc23)CC(=O)C1=CO.[Li]. The molecule has 20 heavy (non-hydrogen) atoms. The van der Waals surface area contributed by atoms with Gasteiger partial charge in [0.15, 0.2) is 11.6 Å². The summed E-state index contributed by atoms with van der Waals surface area (Å²) < 4.78 is 0.